The highest BCUT2D eigenvalue weighted by atomic mass is 16.5. The molecule has 0 aromatic heterocycles. The van der Waals surface area contributed by atoms with Crippen molar-refractivity contribution in [2.45, 2.75) is 0 Å². The van der Waals surface area contributed by atoms with Crippen molar-refractivity contribution >= 4 is 18.4 Å². The lowest BCUT2D eigenvalue weighted by atomic mass is 10.1. The topological polar surface area (TPSA) is 35.5 Å². The van der Waals surface area contributed by atoms with Crippen LogP contribution in [-0.2, 0) is 0 Å². The van der Waals surface area contributed by atoms with Gasteiger partial charge in [-0.25, -0.2) is 0 Å². The van der Waals surface area contributed by atoms with Crippen molar-refractivity contribution in [1.82, 2.24) is 0 Å². The molecule has 2 aromatic carbocycles. The third kappa shape index (κ3) is 3.06. The lowest BCUT2D eigenvalue weighted by molar-refractivity contribution is 0.112. The highest BCUT2D eigenvalue weighted by Crippen LogP contribution is 2.30. The lowest BCUT2D eigenvalue weighted by Crippen LogP contribution is -1.95. The number of methoxy groups -OCH3 is 2. The Morgan fingerprint density at radius 2 is 1.45 bits per heavy atom. The molecule has 3 nitrogen and oxygen atoms in total. The lowest BCUT2D eigenvalue weighted by Gasteiger charge is -2.10. The molecule has 0 fully saturated rings. The first-order valence-electron chi connectivity index (χ1n) is 6.23. The Balaban J connectivity index is 2.40. The van der Waals surface area contributed by atoms with Gasteiger partial charge >= 0.3 is 0 Å². The summed E-state index contributed by atoms with van der Waals surface area (Å²) in [7, 11) is 3.12. The van der Waals surface area contributed by atoms with Gasteiger partial charge in [0.05, 0.1) is 14.2 Å². The molecule has 102 valence electrons. The molecule has 0 radical (unpaired) electrons. The minimum Gasteiger partial charge on any atom is -0.493 e. The third-order valence-electron chi connectivity index (χ3n) is 2.97. The molecule has 0 N–H and O–H groups in total. The van der Waals surface area contributed by atoms with Gasteiger partial charge in [-0.2, -0.15) is 0 Å². The summed E-state index contributed by atoms with van der Waals surface area (Å²) in [6.45, 7) is 0. The first-order chi connectivity index (χ1) is 9.78. The smallest absolute Gasteiger partial charge is 0.161 e. The molecule has 0 aliphatic rings. The number of rotatable bonds is 5. The molecule has 0 aliphatic carbocycles. The van der Waals surface area contributed by atoms with Gasteiger partial charge < -0.3 is 9.47 Å². The summed E-state index contributed by atoms with van der Waals surface area (Å²) in [5.41, 5.74) is 2.43. The van der Waals surface area contributed by atoms with E-state index in [-0.39, 0.29) is 0 Å². The summed E-state index contributed by atoms with van der Waals surface area (Å²) < 4.78 is 10.4. The van der Waals surface area contributed by atoms with Gasteiger partial charge in [0.2, 0.25) is 0 Å². The molecule has 2 rings (SSSR count). The zero-order valence-corrected chi connectivity index (χ0v) is 11.5. The van der Waals surface area contributed by atoms with Gasteiger partial charge in [-0.05, 0) is 23.3 Å². The van der Waals surface area contributed by atoms with E-state index in [4.69, 9.17) is 9.47 Å². The van der Waals surface area contributed by atoms with E-state index >= 15 is 0 Å². The molecule has 0 unspecified atom stereocenters. The van der Waals surface area contributed by atoms with E-state index in [0.717, 1.165) is 17.4 Å². The maximum atomic E-state index is 11.2. The van der Waals surface area contributed by atoms with Crippen LogP contribution in [0.4, 0.5) is 0 Å². The van der Waals surface area contributed by atoms with E-state index in [1.807, 2.05) is 42.5 Å². The number of aldehydes is 1. The Bertz CT molecular complexity index is 616. The number of ether oxygens (including phenoxy) is 2. The summed E-state index contributed by atoms with van der Waals surface area (Å²) in [6.07, 6.45) is 4.65. The number of carbonyl (C=O) groups is 1. The van der Waals surface area contributed by atoms with Crippen LogP contribution in [-0.4, -0.2) is 20.5 Å². The van der Waals surface area contributed by atoms with Gasteiger partial charge in [0.25, 0.3) is 0 Å². The quantitative estimate of drug-likeness (QED) is 0.613. The van der Waals surface area contributed by atoms with Crippen LogP contribution in [0.2, 0.25) is 0 Å². The summed E-state index contributed by atoms with van der Waals surface area (Å²) in [6, 6.07) is 13.4. The van der Waals surface area contributed by atoms with Crippen LogP contribution in [0.25, 0.3) is 12.2 Å². The first kappa shape index (κ1) is 13.9. The second kappa shape index (κ2) is 6.57. The average molecular weight is 268 g/mol. The van der Waals surface area contributed by atoms with Crippen LogP contribution in [0.15, 0.2) is 42.5 Å². The third-order valence-corrected chi connectivity index (χ3v) is 2.97. The molecule has 0 amide bonds. The molecule has 0 heterocycles. The van der Waals surface area contributed by atoms with Gasteiger partial charge in [-0.3, -0.25) is 4.79 Å². The minimum absolute atomic E-state index is 0.548. The van der Waals surface area contributed by atoms with Gasteiger partial charge in [-0.1, -0.05) is 42.5 Å². The number of benzene rings is 2. The fourth-order valence-electron chi connectivity index (χ4n) is 1.91. The fraction of sp³-hybridized carbons (Fsp3) is 0.118. The molecule has 20 heavy (non-hydrogen) atoms. The van der Waals surface area contributed by atoms with Crippen LogP contribution in [0.3, 0.4) is 0 Å². The Morgan fingerprint density at radius 3 is 2.00 bits per heavy atom. The highest BCUT2D eigenvalue weighted by molar-refractivity contribution is 5.86. The zero-order chi connectivity index (χ0) is 14.4. The van der Waals surface area contributed by atoms with Gasteiger partial charge in [0.15, 0.2) is 17.8 Å². The van der Waals surface area contributed by atoms with Crippen molar-refractivity contribution in [3.63, 3.8) is 0 Å². The molecule has 0 spiro atoms. The van der Waals surface area contributed by atoms with Gasteiger partial charge in [-0.15, -0.1) is 0 Å². The van der Waals surface area contributed by atoms with Crippen molar-refractivity contribution in [3.05, 3.63) is 59.2 Å². The number of hydrogen-bond acceptors (Lipinski definition) is 3. The van der Waals surface area contributed by atoms with Crippen LogP contribution >= 0.6 is 0 Å². The number of carbonyl (C=O) groups excluding carboxylic acids is 1. The second-order valence-electron chi connectivity index (χ2n) is 4.20. The summed E-state index contributed by atoms with van der Waals surface area (Å²) in [5, 5.41) is 0. The largest absolute Gasteiger partial charge is 0.493 e. The Labute approximate surface area is 118 Å². The van der Waals surface area contributed by atoms with Crippen LogP contribution in [0.5, 0.6) is 11.5 Å². The van der Waals surface area contributed by atoms with Crippen LogP contribution in [0, 0.1) is 0 Å². The molecule has 0 saturated heterocycles. The molecule has 0 bridgehead atoms. The SMILES string of the molecule is COc1cc(C=O)c(C=Cc2ccccc2)cc1OC. The molecular weight excluding hydrogens is 252 g/mol. The Morgan fingerprint density at radius 1 is 0.850 bits per heavy atom. The Kier molecular flexibility index (Phi) is 4.56. The minimum atomic E-state index is 0.548. The van der Waals surface area contributed by atoms with E-state index in [9.17, 15) is 4.79 Å². The maximum absolute atomic E-state index is 11.2. The molecule has 0 atom stereocenters. The second-order valence-corrected chi connectivity index (χ2v) is 4.20. The van der Waals surface area contributed by atoms with Gasteiger partial charge in [0, 0.05) is 5.56 Å². The van der Waals surface area contributed by atoms with Crippen molar-refractivity contribution in [2.24, 2.45) is 0 Å². The van der Waals surface area contributed by atoms with Crippen molar-refractivity contribution in [3.8, 4) is 11.5 Å². The normalized spacial score (nSPS) is 10.5. The highest BCUT2D eigenvalue weighted by Gasteiger charge is 2.08. The van der Waals surface area contributed by atoms with E-state index in [1.54, 1.807) is 26.4 Å². The van der Waals surface area contributed by atoms with E-state index in [2.05, 4.69) is 0 Å². The summed E-state index contributed by atoms with van der Waals surface area (Å²) >= 11 is 0. The molecule has 0 aliphatic heterocycles. The van der Waals surface area contributed by atoms with E-state index in [1.165, 1.54) is 0 Å². The summed E-state index contributed by atoms with van der Waals surface area (Å²) in [5.74, 6) is 1.15. The predicted molar refractivity (Wildman–Crippen MR) is 80.3 cm³/mol. The van der Waals surface area contributed by atoms with E-state index < -0.39 is 0 Å². The van der Waals surface area contributed by atoms with Crippen LogP contribution < -0.4 is 9.47 Å². The zero-order valence-electron chi connectivity index (χ0n) is 11.5. The van der Waals surface area contributed by atoms with Crippen molar-refractivity contribution < 1.29 is 14.3 Å². The van der Waals surface area contributed by atoms with Crippen molar-refractivity contribution in [2.75, 3.05) is 14.2 Å². The standard InChI is InChI=1S/C17H16O3/c1-19-16-10-14(15(12-18)11-17(16)20-2)9-8-13-6-4-3-5-7-13/h3-12H,1-2H3. The molecule has 0 saturated carbocycles. The van der Waals surface area contributed by atoms with Crippen molar-refractivity contribution in [1.29, 1.82) is 0 Å². The van der Waals surface area contributed by atoms with Gasteiger partial charge in [0.1, 0.15) is 0 Å². The predicted octanol–water partition coefficient (Wildman–Crippen LogP) is 3.69. The average Bonchev–Trinajstić information content (AvgIpc) is 2.52. The molecule has 3 heteroatoms. The van der Waals surface area contributed by atoms with Crippen LogP contribution in [0.1, 0.15) is 21.5 Å². The summed E-state index contributed by atoms with van der Waals surface area (Å²) in [4.78, 5) is 11.2. The number of hydrogen-bond donors (Lipinski definition) is 0. The fourth-order valence-corrected chi connectivity index (χ4v) is 1.91. The first-order valence-corrected chi connectivity index (χ1v) is 6.23. The molecular formula is C17H16O3. The molecule has 2 aromatic rings. The maximum Gasteiger partial charge on any atom is 0.161 e. The van der Waals surface area contributed by atoms with E-state index in [0.29, 0.717) is 17.1 Å². The monoisotopic (exact) mass is 268 g/mol. The Hall–Kier alpha value is -2.55.